The number of carbonyl (C=O) groups excluding carboxylic acids is 1. The number of carbonyl (C=O) groups is 1. The third-order valence-electron chi connectivity index (χ3n) is 4.54. The smallest absolute Gasteiger partial charge is 0.228 e. The van der Waals surface area contributed by atoms with Crippen LogP contribution in [0.4, 0.5) is 11.5 Å². The summed E-state index contributed by atoms with van der Waals surface area (Å²) in [5, 5.41) is 7.58. The van der Waals surface area contributed by atoms with Gasteiger partial charge in [0.15, 0.2) is 5.82 Å². The predicted molar refractivity (Wildman–Crippen MR) is 84.3 cm³/mol. The van der Waals surface area contributed by atoms with Gasteiger partial charge in [0.25, 0.3) is 0 Å². The van der Waals surface area contributed by atoms with E-state index in [1.165, 1.54) is 0 Å². The fraction of sp³-hybridized carbons (Fsp3) is 0.438. The van der Waals surface area contributed by atoms with Crippen molar-refractivity contribution >= 4 is 17.4 Å². The predicted octanol–water partition coefficient (Wildman–Crippen LogP) is 2.44. The number of anilines is 2. The summed E-state index contributed by atoms with van der Waals surface area (Å²) in [4.78, 5) is 18.7. The molecule has 1 unspecified atom stereocenters. The Bertz CT molecular complexity index is 762. The highest BCUT2D eigenvalue weighted by Crippen LogP contribution is 2.41. The summed E-state index contributed by atoms with van der Waals surface area (Å²) in [5.74, 6) is 0.860. The van der Waals surface area contributed by atoms with E-state index in [9.17, 15) is 4.79 Å². The lowest BCUT2D eigenvalue weighted by Gasteiger charge is -2.35. The molecule has 0 bridgehead atoms. The highest BCUT2D eigenvalue weighted by atomic mass is 16.2. The average Bonchev–Trinajstić information content (AvgIpc) is 3.27. The van der Waals surface area contributed by atoms with E-state index in [1.54, 1.807) is 6.20 Å². The topological polar surface area (TPSA) is 63.1 Å². The maximum Gasteiger partial charge on any atom is 0.228 e. The number of amides is 1. The van der Waals surface area contributed by atoms with Crippen LogP contribution in [0.5, 0.6) is 0 Å². The first-order valence-electron chi connectivity index (χ1n) is 7.66. The summed E-state index contributed by atoms with van der Waals surface area (Å²) in [6.45, 7) is 4.13. The van der Waals surface area contributed by atoms with Crippen LogP contribution < -0.4 is 10.2 Å². The summed E-state index contributed by atoms with van der Waals surface area (Å²) >= 11 is 0. The maximum absolute atomic E-state index is 12.1. The molecule has 22 heavy (non-hydrogen) atoms. The first-order chi connectivity index (χ1) is 10.6. The van der Waals surface area contributed by atoms with Gasteiger partial charge in [-0.1, -0.05) is 0 Å². The molecule has 0 aromatic carbocycles. The number of aromatic nitrogens is 3. The van der Waals surface area contributed by atoms with Crippen LogP contribution in [-0.2, 0) is 4.79 Å². The van der Waals surface area contributed by atoms with E-state index in [2.05, 4.69) is 33.3 Å². The molecule has 1 aliphatic carbocycles. The van der Waals surface area contributed by atoms with Crippen molar-refractivity contribution in [3.8, 4) is 5.69 Å². The highest BCUT2D eigenvalue weighted by molar-refractivity contribution is 5.97. The van der Waals surface area contributed by atoms with Gasteiger partial charge in [-0.25, -0.2) is 9.67 Å². The second kappa shape index (κ2) is 4.56. The Labute approximate surface area is 129 Å². The van der Waals surface area contributed by atoms with Crippen molar-refractivity contribution in [2.75, 3.05) is 17.3 Å². The minimum absolute atomic E-state index is 0.0735. The van der Waals surface area contributed by atoms with Crippen molar-refractivity contribution in [2.24, 2.45) is 5.92 Å². The number of fused-ring (bicyclic) bond motifs is 3. The molecule has 6 heteroatoms. The maximum atomic E-state index is 12.1. The molecule has 0 saturated heterocycles. The third-order valence-corrected chi connectivity index (χ3v) is 4.54. The SMILES string of the molecule is Cc1cc2n(n1)-c1ccnc(NC(=O)C3CC3)c1N(C)C2C. The van der Waals surface area contributed by atoms with Crippen LogP contribution in [0.3, 0.4) is 0 Å². The first-order valence-corrected chi connectivity index (χ1v) is 7.66. The van der Waals surface area contributed by atoms with Crippen LogP contribution in [0.15, 0.2) is 18.3 Å². The molecule has 1 saturated carbocycles. The van der Waals surface area contributed by atoms with Gasteiger partial charge in [-0.15, -0.1) is 0 Å². The summed E-state index contributed by atoms with van der Waals surface area (Å²) in [7, 11) is 2.03. The molecule has 114 valence electrons. The van der Waals surface area contributed by atoms with E-state index in [0.29, 0.717) is 5.82 Å². The number of aryl methyl sites for hydroxylation is 1. The fourth-order valence-electron chi connectivity index (χ4n) is 3.02. The second-order valence-electron chi connectivity index (χ2n) is 6.20. The lowest BCUT2D eigenvalue weighted by atomic mass is 10.1. The molecule has 1 amide bonds. The quantitative estimate of drug-likeness (QED) is 0.924. The first kappa shape index (κ1) is 13.3. The molecule has 1 N–H and O–H groups in total. The molecule has 2 aromatic rings. The minimum Gasteiger partial charge on any atom is -0.362 e. The Hall–Kier alpha value is -2.37. The molecule has 4 rings (SSSR count). The van der Waals surface area contributed by atoms with Gasteiger partial charge in [0.1, 0.15) is 5.69 Å². The largest absolute Gasteiger partial charge is 0.362 e. The van der Waals surface area contributed by atoms with Crippen LogP contribution in [0.2, 0.25) is 0 Å². The fourth-order valence-corrected chi connectivity index (χ4v) is 3.02. The van der Waals surface area contributed by atoms with Crippen LogP contribution in [0.1, 0.15) is 37.2 Å². The number of pyridine rings is 1. The van der Waals surface area contributed by atoms with E-state index in [0.717, 1.165) is 35.6 Å². The lowest BCUT2D eigenvalue weighted by Crippen LogP contribution is -2.31. The van der Waals surface area contributed by atoms with Crippen molar-refractivity contribution in [3.05, 3.63) is 29.7 Å². The molecule has 3 heterocycles. The van der Waals surface area contributed by atoms with Gasteiger partial charge in [0.05, 0.1) is 23.1 Å². The zero-order valence-electron chi connectivity index (χ0n) is 13.0. The van der Waals surface area contributed by atoms with Crippen molar-refractivity contribution in [2.45, 2.75) is 32.7 Å². The third kappa shape index (κ3) is 1.90. The van der Waals surface area contributed by atoms with E-state index in [4.69, 9.17) is 0 Å². The number of hydrogen-bond donors (Lipinski definition) is 1. The lowest BCUT2D eigenvalue weighted by molar-refractivity contribution is -0.117. The standard InChI is InChI=1S/C16H19N5O/c1-9-8-13-10(2)20(3)14-12(21(13)19-9)6-7-17-15(14)18-16(22)11-4-5-11/h6-8,10-11H,4-5H2,1-3H3,(H,17,18,22). The Morgan fingerprint density at radius 2 is 2.18 bits per heavy atom. The molecular formula is C16H19N5O. The normalized spacial score (nSPS) is 19.6. The van der Waals surface area contributed by atoms with Gasteiger partial charge < -0.3 is 10.2 Å². The summed E-state index contributed by atoms with van der Waals surface area (Å²) in [6.07, 6.45) is 3.69. The van der Waals surface area contributed by atoms with E-state index >= 15 is 0 Å². The number of nitrogens with zero attached hydrogens (tertiary/aromatic N) is 4. The zero-order valence-corrected chi connectivity index (χ0v) is 13.0. The molecule has 0 radical (unpaired) electrons. The van der Waals surface area contributed by atoms with Gasteiger partial charge in [-0.2, -0.15) is 5.10 Å². The van der Waals surface area contributed by atoms with Crippen LogP contribution >= 0.6 is 0 Å². The van der Waals surface area contributed by atoms with E-state index in [-0.39, 0.29) is 17.9 Å². The van der Waals surface area contributed by atoms with Crippen molar-refractivity contribution < 1.29 is 4.79 Å². The molecule has 1 fully saturated rings. The van der Waals surface area contributed by atoms with Gasteiger partial charge >= 0.3 is 0 Å². The van der Waals surface area contributed by atoms with E-state index < -0.39 is 0 Å². The van der Waals surface area contributed by atoms with Gasteiger partial charge in [-0.05, 0) is 38.8 Å². The highest BCUT2D eigenvalue weighted by Gasteiger charge is 2.33. The minimum atomic E-state index is 0.0735. The van der Waals surface area contributed by atoms with E-state index in [1.807, 2.05) is 24.7 Å². The van der Waals surface area contributed by atoms with Crippen molar-refractivity contribution in [1.29, 1.82) is 0 Å². The average molecular weight is 297 g/mol. The Morgan fingerprint density at radius 1 is 1.41 bits per heavy atom. The van der Waals surface area contributed by atoms with Gasteiger partial charge in [0, 0.05) is 19.2 Å². The Morgan fingerprint density at radius 3 is 2.91 bits per heavy atom. The molecular weight excluding hydrogens is 278 g/mol. The summed E-state index contributed by atoms with van der Waals surface area (Å²) < 4.78 is 1.96. The van der Waals surface area contributed by atoms with Gasteiger partial charge in [0.2, 0.25) is 5.91 Å². The van der Waals surface area contributed by atoms with Crippen LogP contribution in [-0.4, -0.2) is 27.7 Å². The Kier molecular flexibility index (Phi) is 2.76. The number of rotatable bonds is 2. The van der Waals surface area contributed by atoms with Crippen LogP contribution in [0.25, 0.3) is 5.69 Å². The molecule has 1 atom stereocenters. The zero-order chi connectivity index (χ0) is 15.4. The monoisotopic (exact) mass is 297 g/mol. The van der Waals surface area contributed by atoms with Crippen LogP contribution in [0, 0.1) is 12.8 Å². The number of hydrogen-bond acceptors (Lipinski definition) is 4. The summed E-state index contributed by atoms with van der Waals surface area (Å²) in [5.41, 5.74) is 4.03. The van der Waals surface area contributed by atoms with Gasteiger partial charge in [-0.3, -0.25) is 4.79 Å². The molecule has 2 aromatic heterocycles. The molecule has 0 spiro atoms. The molecule has 1 aliphatic heterocycles. The Balaban J connectivity index is 1.83. The number of nitrogens with one attached hydrogen (secondary N) is 1. The second-order valence-corrected chi connectivity index (χ2v) is 6.20. The van der Waals surface area contributed by atoms with Crippen molar-refractivity contribution in [3.63, 3.8) is 0 Å². The van der Waals surface area contributed by atoms with Crippen molar-refractivity contribution in [1.82, 2.24) is 14.8 Å². The molecule has 2 aliphatic rings. The molecule has 6 nitrogen and oxygen atoms in total. The summed E-state index contributed by atoms with van der Waals surface area (Å²) in [6, 6.07) is 4.22.